The number of halogens is 2. The second-order valence-electron chi connectivity index (χ2n) is 7.19. The van der Waals surface area contributed by atoms with Crippen molar-refractivity contribution in [2.24, 2.45) is 9.98 Å². The Labute approximate surface area is 198 Å². The molecule has 0 atom stereocenters. The molecule has 1 aromatic heterocycles. The molecule has 160 valence electrons. The summed E-state index contributed by atoms with van der Waals surface area (Å²) in [6, 6.07) is 17.1. The summed E-state index contributed by atoms with van der Waals surface area (Å²) >= 11 is 1.94. The average molecular weight is 501 g/mol. The second kappa shape index (κ2) is 11.8. The van der Waals surface area contributed by atoms with Crippen molar-refractivity contribution in [3.63, 3.8) is 0 Å². The molecule has 0 bridgehead atoms. The third kappa shape index (κ3) is 7.07. The quantitative estimate of drug-likeness (QED) is 0.253. The molecule has 0 aliphatic rings. The number of aryl methyl sites for hydroxylation is 4. The summed E-state index contributed by atoms with van der Waals surface area (Å²) in [5, 5.41) is 0. The summed E-state index contributed by atoms with van der Waals surface area (Å²) in [4.78, 5) is 12.1. The average Bonchev–Trinajstić information content (AvgIpc) is 3.19. The molecule has 2 aromatic carbocycles. The minimum atomic E-state index is 0.194. The number of aliphatic imine (C=N–C) groups is 2. The zero-order chi connectivity index (χ0) is 22.3. The Kier molecular flexibility index (Phi) is 9.80. The van der Waals surface area contributed by atoms with E-state index in [0.29, 0.717) is 0 Å². The van der Waals surface area contributed by atoms with Gasteiger partial charge >= 0.3 is 33.3 Å². The standard InChI is InChI=1S/C24H26N2S.2ClH.Fe/c1-15-7-9-17(3)21(13-15)25-19(5)23-11-12-24(27-23)20(6)26-22-14-16(2)8-10-18(22)4;;;/h7-14H,1-6H3;2*1H;/q;;;+2/p-2. The molecule has 0 fully saturated rings. The first-order valence-electron chi connectivity index (χ1n) is 9.46. The molecular weight excluding hydrogens is 475 g/mol. The molecule has 3 rings (SSSR count). The Hall–Kier alpha value is -1.42. The van der Waals surface area contributed by atoms with Crippen molar-refractivity contribution in [2.45, 2.75) is 41.5 Å². The van der Waals surface area contributed by atoms with Gasteiger partial charge in [0.15, 0.2) is 0 Å². The van der Waals surface area contributed by atoms with Gasteiger partial charge in [-0.15, -0.1) is 11.3 Å². The van der Waals surface area contributed by atoms with Gasteiger partial charge in [0.2, 0.25) is 0 Å². The van der Waals surface area contributed by atoms with Gasteiger partial charge in [-0.1, -0.05) is 24.3 Å². The molecule has 0 saturated carbocycles. The van der Waals surface area contributed by atoms with Crippen molar-refractivity contribution in [3.8, 4) is 0 Å². The molecule has 30 heavy (non-hydrogen) atoms. The number of nitrogens with zero attached hydrogens (tertiary/aromatic N) is 2. The van der Waals surface area contributed by atoms with Crippen molar-refractivity contribution in [3.05, 3.63) is 80.5 Å². The molecular formula is C24H26Cl2FeN2S. The van der Waals surface area contributed by atoms with Gasteiger partial charge < -0.3 is 0 Å². The Morgan fingerprint density at radius 2 is 1.07 bits per heavy atom. The van der Waals surface area contributed by atoms with Crippen molar-refractivity contribution in [1.82, 2.24) is 0 Å². The summed E-state index contributed by atoms with van der Waals surface area (Å²) in [5.74, 6) is 0. The van der Waals surface area contributed by atoms with E-state index in [1.54, 1.807) is 11.3 Å². The van der Waals surface area contributed by atoms with Gasteiger partial charge in [0.25, 0.3) is 0 Å². The van der Waals surface area contributed by atoms with Gasteiger partial charge in [0, 0.05) is 9.75 Å². The molecule has 2 nitrogen and oxygen atoms in total. The zero-order valence-electron chi connectivity index (χ0n) is 18.0. The second-order valence-corrected chi connectivity index (χ2v) is 10.1. The summed E-state index contributed by atoms with van der Waals surface area (Å²) < 4.78 is 0. The van der Waals surface area contributed by atoms with Crippen molar-refractivity contribution in [2.75, 3.05) is 0 Å². The molecule has 0 N–H and O–H groups in total. The normalized spacial score (nSPS) is 12.0. The topological polar surface area (TPSA) is 24.7 Å². The Balaban J connectivity index is 0.00000101. The fraction of sp³-hybridized carbons (Fsp3) is 0.250. The van der Waals surface area contributed by atoms with Gasteiger partial charge in [-0.25, -0.2) is 0 Å². The zero-order valence-corrected chi connectivity index (χ0v) is 21.5. The van der Waals surface area contributed by atoms with E-state index in [1.807, 2.05) is 0 Å². The van der Waals surface area contributed by atoms with E-state index >= 15 is 0 Å². The van der Waals surface area contributed by atoms with Crippen LogP contribution in [-0.4, -0.2) is 11.4 Å². The van der Waals surface area contributed by atoms with Crippen LogP contribution in [0.15, 0.2) is 58.5 Å². The summed E-state index contributed by atoms with van der Waals surface area (Å²) in [6.45, 7) is 12.6. The Morgan fingerprint density at radius 1 is 0.700 bits per heavy atom. The molecule has 0 amide bonds. The molecule has 0 aliphatic heterocycles. The van der Waals surface area contributed by atoms with E-state index in [-0.39, 0.29) is 13.1 Å². The van der Waals surface area contributed by atoms with E-state index in [0.717, 1.165) is 22.8 Å². The summed E-state index contributed by atoms with van der Waals surface area (Å²) in [5.41, 5.74) is 9.03. The third-order valence-electron chi connectivity index (χ3n) is 4.62. The van der Waals surface area contributed by atoms with Crippen LogP contribution in [0.25, 0.3) is 0 Å². The number of hydrogen-bond acceptors (Lipinski definition) is 3. The molecule has 0 unspecified atom stereocenters. The van der Waals surface area contributed by atoms with Gasteiger partial charge in [-0.05, 0) is 88.1 Å². The predicted molar refractivity (Wildman–Crippen MR) is 132 cm³/mol. The fourth-order valence-corrected chi connectivity index (χ4v) is 3.77. The molecule has 6 heteroatoms. The van der Waals surface area contributed by atoms with Crippen LogP contribution in [0, 0.1) is 27.7 Å². The maximum atomic E-state index is 4.86. The van der Waals surface area contributed by atoms with E-state index in [1.165, 1.54) is 32.0 Å². The molecule has 0 radical (unpaired) electrons. The van der Waals surface area contributed by atoms with Gasteiger partial charge in [-0.3, -0.25) is 9.98 Å². The first-order valence-corrected chi connectivity index (χ1v) is 13.3. The van der Waals surface area contributed by atoms with Gasteiger partial charge in [-0.2, -0.15) is 0 Å². The molecule has 3 aromatic rings. The van der Waals surface area contributed by atoms with Crippen LogP contribution < -0.4 is 0 Å². The van der Waals surface area contributed by atoms with Crippen LogP contribution in [0.3, 0.4) is 0 Å². The van der Waals surface area contributed by atoms with E-state index in [4.69, 9.17) is 30.2 Å². The fourth-order valence-electron chi connectivity index (χ4n) is 2.88. The van der Waals surface area contributed by atoms with Crippen LogP contribution in [0.2, 0.25) is 0 Å². The predicted octanol–water partition coefficient (Wildman–Crippen LogP) is 8.64. The molecule has 0 saturated heterocycles. The van der Waals surface area contributed by atoms with Crippen LogP contribution in [0.1, 0.15) is 45.9 Å². The van der Waals surface area contributed by atoms with E-state index in [2.05, 4.69) is 90.1 Å². The van der Waals surface area contributed by atoms with Crippen LogP contribution in [0.4, 0.5) is 11.4 Å². The molecule has 0 aliphatic carbocycles. The van der Waals surface area contributed by atoms with Gasteiger partial charge in [0.1, 0.15) is 0 Å². The third-order valence-corrected chi connectivity index (χ3v) is 5.93. The first-order chi connectivity index (χ1) is 14.2. The van der Waals surface area contributed by atoms with Crippen molar-refractivity contribution in [1.29, 1.82) is 0 Å². The molecule has 1 heterocycles. The number of thiophene rings is 1. The molecule has 0 spiro atoms. The first kappa shape index (κ1) is 24.8. The van der Waals surface area contributed by atoms with Crippen LogP contribution in [0.5, 0.6) is 0 Å². The minimum absolute atomic E-state index is 0.194. The number of hydrogen-bond donors (Lipinski definition) is 0. The van der Waals surface area contributed by atoms with Crippen LogP contribution in [-0.2, 0) is 13.1 Å². The van der Waals surface area contributed by atoms with E-state index in [9.17, 15) is 0 Å². The summed E-state index contributed by atoms with van der Waals surface area (Å²) in [7, 11) is 9.53. The van der Waals surface area contributed by atoms with Crippen molar-refractivity contribution >= 4 is 54.3 Å². The van der Waals surface area contributed by atoms with E-state index < -0.39 is 0 Å². The number of benzene rings is 2. The van der Waals surface area contributed by atoms with Crippen molar-refractivity contribution < 1.29 is 13.1 Å². The maximum absolute atomic E-state index is 4.86. The Morgan fingerprint density at radius 3 is 1.43 bits per heavy atom. The monoisotopic (exact) mass is 500 g/mol. The van der Waals surface area contributed by atoms with Gasteiger partial charge in [0.05, 0.1) is 22.8 Å². The SMILES string of the molecule is CC(=Nc1cc(C)ccc1C)c1ccc(C(C)=Nc2cc(C)ccc2C)s1.[Cl][Fe][Cl]. The Bertz CT molecular complexity index is 989. The summed E-state index contributed by atoms with van der Waals surface area (Å²) in [6.07, 6.45) is 0. The number of rotatable bonds is 4. The van der Waals surface area contributed by atoms with Crippen LogP contribution >= 0.6 is 31.5 Å².